The molecule has 1 saturated heterocycles. The molecule has 1 unspecified atom stereocenters. The minimum atomic E-state index is -1.03. The van der Waals surface area contributed by atoms with Crippen LogP contribution in [0.4, 0.5) is 9.18 Å². The Balaban J connectivity index is 1.62. The number of nitrogens with zero attached hydrogens (tertiary/aromatic N) is 3. The quantitative estimate of drug-likeness (QED) is 0.692. The number of H-pyrrole nitrogens is 1. The summed E-state index contributed by atoms with van der Waals surface area (Å²) in [7, 11) is 0. The van der Waals surface area contributed by atoms with Gasteiger partial charge < -0.3 is 10.0 Å². The standard InChI is InChI=1S/C26H33FN4O4/c1-25(2,3)26(4)15-30(11-12-31(26)24(34)35)23(33)19-13-16(9-10-20(19)27)14-21-17-7-5-6-8-18(17)22(32)29-28-21/h9-10,13H,5-8,11-12,14-15H2,1-4H3,(H,29,32)(H,34,35). The SMILES string of the molecule is CC(C)(C)C1(C)CN(C(=O)c2cc(Cc3n[nH]c(=O)c4c3CCCC4)ccc2F)CCN1C(=O)O. The molecule has 1 aromatic carbocycles. The highest BCUT2D eigenvalue weighted by atomic mass is 19.1. The van der Waals surface area contributed by atoms with E-state index in [1.54, 1.807) is 17.0 Å². The maximum atomic E-state index is 14.9. The van der Waals surface area contributed by atoms with Gasteiger partial charge in [-0.25, -0.2) is 14.3 Å². The smallest absolute Gasteiger partial charge is 0.407 e. The lowest BCUT2D eigenvalue weighted by Gasteiger charge is -2.54. The number of carbonyl (C=O) groups is 2. The summed E-state index contributed by atoms with van der Waals surface area (Å²) in [4.78, 5) is 40.4. The van der Waals surface area contributed by atoms with Gasteiger partial charge in [0, 0.05) is 31.6 Å². The molecule has 0 bridgehead atoms. The lowest BCUT2D eigenvalue weighted by Crippen LogP contribution is -2.68. The summed E-state index contributed by atoms with van der Waals surface area (Å²) in [6.07, 6.45) is 2.83. The number of carbonyl (C=O) groups excluding carboxylic acids is 1. The van der Waals surface area contributed by atoms with Gasteiger partial charge in [0.2, 0.25) is 0 Å². The Hall–Kier alpha value is -3.23. The summed E-state index contributed by atoms with van der Waals surface area (Å²) in [6, 6.07) is 4.48. The maximum absolute atomic E-state index is 14.9. The number of nitrogens with one attached hydrogen (secondary N) is 1. The van der Waals surface area contributed by atoms with E-state index in [1.807, 2.05) is 27.7 Å². The van der Waals surface area contributed by atoms with Crippen LogP contribution in [0.15, 0.2) is 23.0 Å². The van der Waals surface area contributed by atoms with Crippen molar-refractivity contribution in [3.63, 3.8) is 0 Å². The Kier molecular flexibility index (Phi) is 6.46. The van der Waals surface area contributed by atoms with Gasteiger partial charge in [-0.3, -0.25) is 14.5 Å². The van der Waals surface area contributed by atoms with E-state index < -0.39 is 28.8 Å². The third kappa shape index (κ3) is 4.56. The molecule has 1 aromatic heterocycles. The van der Waals surface area contributed by atoms with Gasteiger partial charge in [-0.15, -0.1) is 0 Å². The molecule has 1 atom stereocenters. The largest absolute Gasteiger partial charge is 0.465 e. The summed E-state index contributed by atoms with van der Waals surface area (Å²) >= 11 is 0. The van der Waals surface area contributed by atoms with Gasteiger partial charge in [-0.2, -0.15) is 5.10 Å². The van der Waals surface area contributed by atoms with E-state index in [0.29, 0.717) is 6.42 Å². The molecule has 188 valence electrons. The van der Waals surface area contributed by atoms with Crippen LogP contribution in [0.25, 0.3) is 0 Å². The van der Waals surface area contributed by atoms with E-state index in [9.17, 15) is 23.9 Å². The average Bonchev–Trinajstić information content (AvgIpc) is 2.80. The van der Waals surface area contributed by atoms with Crippen molar-refractivity contribution in [3.05, 3.63) is 62.3 Å². The molecule has 9 heteroatoms. The van der Waals surface area contributed by atoms with Crippen molar-refractivity contribution in [2.45, 2.75) is 65.3 Å². The molecule has 1 aliphatic heterocycles. The monoisotopic (exact) mass is 484 g/mol. The number of halogens is 1. The minimum Gasteiger partial charge on any atom is -0.465 e. The van der Waals surface area contributed by atoms with Crippen molar-refractivity contribution in [1.82, 2.24) is 20.0 Å². The molecule has 2 aromatic rings. The van der Waals surface area contributed by atoms with E-state index >= 15 is 0 Å². The molecule has 1 fully saturated rings. The molecule has 0 spiro atoms. The number of aromatic amines is 1. The van der Waals surface area contributed by atoms with Gasteiger partial charge in [-0.1, -0.05) is 26.8 Å². The summed E-state index contributed by atoms with van der Waals surface area (Å²) in [5.74, 6) is -1.07. The first-order valence-electron chi connectivity index (χ1n) is 12.1. The fourth-order valence-electron chi connectivity index (χ4n) is 5.21. The van der Waals surface area contributed by atoms with Gasteiger partial charge in [0.15, 0.2) is 0 Å². The van der Waals surface area contributed by atoms with Gasteiger partial charge in [0.25, 0.3) is 11.5 Å². The molecule has 2 heterocycles. The molecular weight excluding hydrogens is 451 g/mol. The number of carboxylic acid groups (broad SMARTS) is 1. The topological polar surface area (TPSA) is 107 Å². The van der Waals surface area contributed by atoms with Crippen molar-refractivity contribution in [1.29, 1.82) is 0 Å². The van der Waals surface area contributed by atoms with Crippen LogP contribution < -0.4 is 5.56 Å². The third-order valence-electron chi connectivity index (χ3n) is 7.84. The normalized spacial score (nSPS) is 20.5. The number of piperazine rings is 1. The lowest BCUT2D eigenvalue weighted by atomic mass is 9.72. The number of rotatable bonds is 3. The maximum Gasteiger partial charge on any atom is 0.407 e. The summed E-state index contributed by atoms with van der Waals surface area (Å²) < 4.78 is 14.9. The van der Waals surface area contributed by atoms with Crippen LogP contribution in [0.2, 0.25) is 0 Å². The Bertz CT molecular complexity index is 1220. The first-order valence-corrected chi connectivity index (χ1v) is 12.1. The van der Waals surface area contributed by atoms with Crippen molar-refractivity contribution in [2.24, 2.45) is 5.41 Å². The van der Waals surface area contributed by atoms with E-state index in [0.717, 1.165) is 48.1 Å². The zero-order chi connectivity index (χ0) is 25.5. The second kappa shape index (κ2) is 9.09. The number of amides is 2. The van der Waals surface area contributed by atoms with E-state index in [2.05, 4.69) is 10.2 Å². The van der Waals surface area contributed by atoms with Crippen LogP contribution >= 0.6 is 0 Å². The lowest BCUT2D eigenvalue weighted by molar-refractivity contribution is -0.0371. The summed E-state index contributed by atoms with van der Waals surface area (Å²) in [5, 5.41) is 16.6. The van der Waals surface area contributed by atoms with Gasteiger partial charge in [-0.05, 0) is 61.3 Å². The van der Waals surface area contributed by atoms with Crippen molar-refractivity contribution in [3.8, 4) is 0 Å². The van der Waals surface area contributed by atoms with E-state index in [4.69, 9.17) is 0 Å². The molecule has 0 radical (unpaired) electrons. The number of fused-ring (bicyclic) bond motifs is 1. The molecule has 2 N–H and O–H groups in total. The first-order chi connectivity index (χ1) is 16.4. The zero-order valence-corrected chi connectivity index (χ0v) is 20.8. The number of benzene rings is 1. The van der Waals surface area contributed by atoms with Crippen LogP contribution in [-0.4, -0.2) is 62.3 Å². The van der Waals surface area contributed by atoms with Crippen molar-refractivity contribution < 1.29 is 19.1 Å². The highest BCUT2D eigenvalue weighted by Crippen LogP contribution is 2.39. The Morgan fingerprint density at radius 3 is 2.51 bits per heavy atom. The molecule has 1 aliphatic carbocycles. The minimum absolute atomic E-state index is 0.0409. The van der Waals surface area contributed by atoms with Crippen LogP contribution in [0.3, 0.4) is 0 Å². The molecule has 2 aliphatic rings. The third-order valence-corrected chi connectivity index (χ3v) is 7.84. The zero-order valence-electron chi connectivity index (χ0n) is 20.8. The first kappa shape index (κ1) is 24.9. The van der Waals surface area contributed by atoms with Crippen LogP contribution in [0.5, 0.6) is 0 Å². The van der Waals surface area contributed by atoms with Crippen molar-refractivity contribution in [2.75, 3.05) is 19.6 Å². The molecular formula is C26H33FN4O4. The van der Waals surface area contributed by atoms with Gasteiger partial charge in [0.05, 0.1) is 16.8 Å². The van der Waals surface area contributed by atoms with Gasteiger partial charge >= 0.3 is 6.09 Å². The predicted molar refractivity (Wildman–Crippen MR) is 129 cm³/mol. The van der Waals surface area contributed by atoms with Crippen LogP contribution in [0, 0.1) is 11.2 Å². The fourth-order valence-corrected chi connectivity index (χ4v) is 5.21. The predicted octanol–water partition coefficient (Wildman–Crippen LogP) is 3.62. The highest BCUT2D eigenvalue weighted by molar-refractivity contribution is 5.95. The van der Waals surface area contributed by atoms with Gasteiger partial charge in [0.1, 0.15) is 5.82 Å². The number of aromatic nitrogens is 2. The number of hydrogen-bond acceptors (Lipinski definition) is 4. The van der Waals surface area contributed by atoms with E-state index in [1.165, 1.54) is 11.0 Å². The van der Waals surface area contributed by atoms with Crippen LogP contribution in [0.1, 0.15) is 73.3 Å². The Morgan fingerprint density at radius 1 is 1.17 bits per heavy atom. The fraction of sp³-hybridized carbons (Fsp3) is 0.538. The van der Waals surface area contributed by atoms with Crippen molar-refractivity contribution >= 4 is 12.0 Å². The second-order valence-corrected chi connectivity index (χ2v) is 10.8. The highest BCUT2D eigenvalue weighted by Gasteiger charge is 2.49. The molecule has 35 heavy (non-hydrogen) atoms. The Morgan fingerprint density at radius 2 is 1.86 bits per heavy atom. The Labute approximate surface area is 204 Å². The average molecular weight is 485 g/mol. The summed E-state index contributed by atoms with van der Waals surface area (Å²) in [5.41, 5.74) is 1.74. The molecule has 0 saturated carbocycles. The van der Waals surface area contributed by atoms with Crippen LogP contribution in [-0.2, 0) is 19.3 Å². The number of hydrogen-bond donors (Lipinski definition) is 2. The van der Waals surface area contributed by atoms with E-state index in [-0.39, 0.29) is 30.8 Å². The molecule has 8 nitrogen and oxygen atoms in total. The second-order valence-electron chi connectivity index (χ2n) is 10.8. The molecule has 2 amide bonds. The molecule has 4 rings (SSSR count). The summed E-state index contributed by atoms with van der Waals surface area (Å²) in [6.45, 7) is 8.17.